The zero-order valence-electron chi connectivity index (χ0n) is 11.3. The van der Waals surface area contributed by atoms with E-state index in [0.717, 1.165) is 10.9 Å². The maximum atomic E-state index is 3.80. The summed E-state index contributed by atoms with van der Waals surface area (Å²) < 4.78 is 1.16. The predicted octanol–water partition coefficient (Wildman–Crippen LogP) is 6.19. The smallest absolute Gasteiger partial charge is 0.0655 e. The van der Waals surface area contributed by atoms with Crippen LogP contribution in [-0.2, 0) is 6.42 Å². The second-order valence-corrected chi connectivity index (χ2v) is 6.65. The van der Waals surface area contributed by atoms with Crippen LogP contribution in [0.2, 0.25) is 0 Å². The van der Waals surface area contributed by atoms with Gasteiger partial charge in [0, 0.05) is 4.47 Å². The van der Waals surface area contributed by atoms with E-state index in [0.29, 0.717) is 0 Å². The van der Waals surface area contributed by atoms with Gasteiger partial charge in [0.05, 0.1) is 4.83 Å². The fourth-order valence-corrected chi connectivity index (χ4v) is 3.89. The number of aryl methyl sites for hydroxylation is 2. The zero-order valence-corrected chi connectivity index (χ0v) is 14.5. The first-order valence-electron chi connectivity index (χ1n) is 6.60. The minimum Gasteiger partial charge on any atom is -0.0786 e. The van der Waals surface area contributed by atoms with Gasteiger partial charge in [0.25, 0.3) is 0 Å². The highest BCUT2D eigenvalue weighted by Gasteiger charge is 2.13. The van der Waals surface area contributed by atoms with Gasteiger partial charge in [-0.25, -0.2) is 0 Å². The van der Waals surface area contributed by atoms with Gasteiger partial charge < -0.3 is 0 Å². The summed E-state index contributed by atoms with van der Waals surface area (Å²) in [6.45, 7) is 4.32. The number of rotatable bonds is 4. The number of benzene rings is 2. The Balaban J connectivity index is 2.25. The summed E-state index contributed by atoms with van der Waals surface area (Å²) in [6, 6.07) is 15.4. The quantitative estimate of drug-likeness (QED) is 0.553. The van der Waals surface area contributed by atoms with Crippen molar-refractivity contribution < 1.29 is 0 Å². The molecule has 0 N–H and O–H groups in total. The first-order valence-corrected chi connectivity index (χ1v) is 8.31. The lowest BCUT2D eigenvalue weighted by Gasteiger charge is -2.14. The molecular formula is C17H18Br2. The molecule has 0 radical (unpaired) electrons. The van der Waals surface area contributed by atoms with Crippen molar-refractivity contribution in [1.29, 1.82) is 0 Å². The molecule has 0 bridgehead atoms. The lowest BCUT2D eigenvalue weighted by atomic mass is 10.0. The predicted molar refractivity (Wildman–Crippen MR) is 90.1 cm³/mol. The van der Waals surface area contributed by atoms with Gasteiger partial charge >= 0.3 is 0 Å². The molecule has 0 aliphatic rings. The highest BCUT2D eigenvalue weighted by atomic mass is 79.9. The van der Waals surface area contributed by atoms with Crippen molar-refractivity contribution in [3.63, 3.8) is 0 Å². The molecule has 0 nitrogen and oxygen atoms in total. The van der Waals surface area contributed by atoms with E-state index in [2.05, 4.69) is 88.2 Å². The van der Waals surface area contributed by atoms with E-state index in [1.54, 1.807) is 0 Å². The largest absolute Gasteiger partial charge is 0.0786 e. The average Bonchev–Trinajstić information content (AvgIpc) is 2.39. The summed E-state index contributed by atoms with van der Waals surface area (Å²) >= 11 is 7.46. The minimum absolute atomic E-state index is 0.234. The SMILES string of the molecule is CCCc1ccc(C(Br)c2ccc(C)cc2Br)cc1. The molecule has 2 aromatic rings. The molecule has 1 atom stereocenters. The zero-order chi connectivity index (χ0) is 13.8. The highest BCUT2D eigenvalue weighted by Crippen LogP contribution is 2.35. The van der Waals surface area contributed by atoms with Crippen LogP contribution in [0, 0.1) is 6.92 Å². The molecule has 0 amide bonds. The van der Waals surface area contributed by atoms with E-state index in [-0.39, 0.29) is 4.83 Å². The molecule has 0 aromatic heterocycles. The summed E-state index contributed by atoms with van der Waals surface area (Å²) in [5, 5.41) is 0. The Morgan fingerprint density at radius 3 is 2.32 bits per heavy atom. The Morgan fingerprint density at radius 1 is 1.05 bits per heavy atom. The Labute approximate surface area is 132 Å². The van der Waals surface area contributed by atoms with Crippen LogP contribution in [0.25, 0.3) is 0 Å². The van der Waals surface area contributed by atoms with E-state index >= 15 is 0 Å². The fourth-order valence-electron chi connectivity index (χ4n) is 2.16. The van der Waals surface area contributed by atoms with Crippen LogP contribution in [0.15, 0.2) is 46.9 Å². The topological polar surface area (TPSA) is 0 Å². The normalized spacial score (nSPS) is 12.4. The Kier molecular flexibility index (Phi) is 5.23. The average molecular weight is 382 g/mol. The van der Waals surface area contributed by atoms with Gasteiger partial charge in [0.1, 0.15) is 0 Å². The Hall–Kier alpha value is -0.600. The van der Waals surface area contributed by atoms with Gasteiger partial charge in [0.15, 0.2) is 0 Å². The van der Waals surface area contributed by atoms with Crippen molar-refractivity contribution in [3.05, 3.63) is 69.2 Å². The molecule has 100 valence electrons. The maximum absolute atomic E-state index is 3.80. The van der Waals surface area contributed by atoms with Gasteiger partial charge in [-0.1, -0.05) is 81.6 Å². The van der Waals surface area contributed by atoms with Crippen LogP contribution in [-0.4, -0.2) is 0 Å². The van der Waals surface area contributed by atoms with Crippen LogP contribution >= 0.6 is 31.9 Å². The first kappa shape index (κ1) is 14.8. The van der Waals surface area contributed by atoms with Gasteiger partial charge in [-0.3, -0.25) is 0 Å². The van der Waals surface area contributed by atoms with E-state index in [4.69, 9.17) is 0 Å². The van der Waals surface area contributed by atoms with E-state index < -0.39 is 0 Å². The lowest BCUT2D eigenvalue weighted by Crippen LogP contribution is -1.95. The third-order valence-corrected chi connectivity index (χ3v) is 4.95. The molecule has 0 saturated carbocycles. The molecule has 0 aliphatic heterocycles. The summed E-state index contributed by atoms with van der Waals surface area (Å²) in [7, 11) is 0. The molecular weight excluding hydrogens is 364 g/mol. The van der Waals surface area contributed by atoms with Crippen LogP contribution in [0.1, 0.15) is 40.4 Å². The van der Waals surface area contributed by atoms with Gasteiger partial charge in [-0.15, -0.1) is 0 Å². The fraction of sp³-hybridized carbons (Fsp3) is 0.294. The minimum atomic E-state index is 0.234. The lowest BCUT2D eigenvalue weighted by molar-refractivity contribution is 0.920. The standard InChI is InChI=1S/C17H18Br2/c1-3-4-13-6-8-14(9-7-13)17(19)15-10-5-12(2)11-16(15)18/h5-11,17H,3-4H2,1-2H3. The second-order valence-electron chi connectivity index (χ2n) is 4.88. The van der Waals surface area contributed by atoms with Crippen molar-refractivity contribution in [2.75, 3.05) is 0 Å². The van der Waals surface area contributed by atoms with Gasteiger partial charge in [0.2, 0.25) is 0 Å². The van der Waals surface area contributed by atoms with E-state index in [1.807, 2.05) is 0 Å². The second kappa shape index (κ2) is 6.71. The summed E-state index contributed by atoms with van der Waals surface area (Å²) in [5.41, 5.74) is 5.25. The third-order valence-electron chi connectivity index (χ3n) is 3.24. The summed E-state index contributed by atoms with van der Waals surface area (Å²) in [6.07, 6.45) is 2.35. The van der Waals surface area contributed by atoms with Gasteiger partial charge in [-0.2, -0.15) is 0 Å². The molecule has 1 unspecified atom stereocenters. The molecule has 19 heavy (non-hydrogen) atoms. The number of halogens is 2. The van der Waals surface area contributed by atoms with Crippen molar-refractivity contribution >= 4 is 31.9 Å². The van der Waals surface area contributed by atoms with Crippen LogP contribution in [0.3, 0.4) is 0 Å². The Bertz CT molecular complexity index is 544. The van der Waals surface area contributed by atoms with E-state index in [1.165, 1.54) is 28.7 Å². The van der Waals surface area contributed by atoms with Crippen LogP contribution in [0.5, 0.6) is 0 Å². The van der Waals surface area contributed by atoms with Crippen molar-refractivity contribution in [2.45, 2.75) is 31.5 Å². The molecule has 0 fully saturated rings. The molecule has 0 spiro atoms. The molecule has 2 rings (SSSR count). The number of alkyl halides is 1. The number of hydrogen-bond donors (Lipinski definition) is 0. The van der Waals surface area contributed by atoms with Crippen LogP contribution in [0.4, 0.5) is 0 Å². The highest BCUT2D eigenvalue weighted by molar-refractivity contribution is 9.11. The molecule has 0 saturated heterocycles. The maximum Gasteiger partial charge on any atom is 0.0655 e. The molecule has 0 heterocycles. The van der Waals surface area contributed by atoms with Crippen molar-refractivity contribution in [3.8, 4) is 0 Å². The van der Waals surface area contributed by atoms with Crippen molar-refractivity contribution in [2.24, 2.45) is 0 Å². The number of hydrogen-bond acceptors (Lipinski definition) is 0. The monoisotopic (exact) mass is 380 g/mol. The molecule has 0 aliphatic carbocycles. The van der Waals surface area contributed by atoms with Crippen LogP contribution < -0.4 is 0 Å². The molecule has 2 heteroatoms. The molecule has 2 aromatic carbocycles. The Morgan fingerprint density at radius 2 is 1.74 bits per heavy atom. The van der Waals surface area contributed by atoms with Gasteiger partial charge in [-0.05, 0) is 41.7 Å². The summed E-state index contributed by atoms with van der Waals surface area (Å²) in [4.78, 5) is 0.234. The van der Waals surface area contributed by atoms with E-state index in [9.17, 15) is 0 Å². The summed E-state index contributed by atoms with van der Waals surface area (Å²) in [5.74, 6) is 0. The van der Waals surface area contributed by atoms with Crippen molar-refractivity contribution in [1.82, 2.24) is 0 Å². The third kappa shape index (κ3) is 3.70. The first-order chi connectivity index (χ1) is 9.11.